The van der Waals surface area contributed by atoms with Gasteiger partial charge in [-0.15, -0.1) is 4.99 Å². The van der Waals surface area contributed by atoms with E-state index in [1.54, 1.807) is 25.2 Å². The summed E-state index contributed by atoms with van der Waals surface area (Å²) < 4.78 is 5.34. The van der Waals surface area contributed by atoms with Crippen molar-refractivity contribution < 1.29 is 9.53 Å². The summed E-state index contributed by atoms with van der Waals surface area (Å²) in [5, 5.41) is 18.7. The lowest BCUT2D eigenvalue weighted by atomic mass is 9.68. The van der Waals surface area contributed by atoms with E-state index < -0.39 is 0 Å². The summed E-state index contributed by atoms with van der Waals surface area (Å²) in [6.45, 7) is 0.513. The Labute approximate surface area is 193 Å². The molecule has 0 saturated heterocycles. The molecule has 0 aromatic heterocycles. The van der Waals surface area contributed by atoms with Gasteiger partial charge in [0.25, 0.3) is 5.91 Å². The molecule has 1 amide bonds. The first-order valence-electron chi connectivity index (χ1n) is 10.6. The zero-order valence-electron chi connectivity index (χ0n) is 18.3. The molecule has 32 heavy (non-hydrogen) atoms. The Morgan fingerprint density at radius 1 is 1.25 bits per heavy atom. The van der Waals surface area contributed by atoms with E-state index in [1.165, 1.54) is 12.7 Å². The standard InChI is InChI=1S/C24H28ClN5O2/c1-27-23(29-16-26)30-19-10-12-24(13-11-19,17-6-4-3-5-7-17)15-28-22(31)20-9-8-18(25)14-21(20)32-2/h3-9,14,19H,10-13,15H2,1-2H3,(H,28,31)(H2,27,29,30)/t19-,24-. The fourth-order valence-corrected chi connectivity index (χ4v) is 4.44. The monoisotopic (exact) mass is 453 g/mol. The van der Waals surface area contributed by atoms with E-state index in [0.717, 1.165) is 25.7 Å². The van der Waals surface area contributed by atoms with Crippen LogP contribution in [0.4, 0.5) is 0 Å². The summed E-state index contributed by atoms with van der Waals surface area (Å²) in [6, 6.07) is 15.5. The van der Waals surface area contributed by atoms with E-state index in [4.69, 9.17) is 21.6 Å². The molecule has 0 aliphatic heterocycles. The van der Waals surface area contributed by atoms with Crippen LogP contribution in [-0.2, 0) is 5.41 Å². The maximum Gasteiger partial charge on any atom is 0.255 e. The van der Waals surface area contributed by atoms with Gasteiger partial charge in [-0.05, 0) is 49.4 Å². The zero-order chi connectivity index (χ0) is 23.0. The summed E-state index contributed by atoms with van der Waals surface area (Å²) in [5.41, 5.74) is 1.49. The Hall–Kier alpha value is -3.24. The molecule has 0 radical (unpaired) electrons. The topological polar surface area (TPSA) is 98.5 Å². The predicted octanol–water partition coefficient (Wildman–Crippen LogP) is 3.61. The van der Waals surface area contributed by atoms with E-state index in [-0.39, 0.29) is 17.4 Å². The molecule has 8 heteroatoms. The van der Waals surface area contributed by atoms with Crippen LogP contribution in [0.5, 0.6) is 5.75 Å². The van der Waals surface area contributed by atoms with E-state index in [1.807, 2.05) is 24.4 Å². The Morgan fingerprint density at radius 3 is 2.59 bits per heavy atom. The Kier molecular flexibility index (Phi) is 7.96. The summed E-state index contributed by atoms with van der Waals surface area (Å²) in [5.74, 6) is 0.744. The molecule has 1 aliphatic carbocycles. The van der Waals surface area contributed by atoms with Gasteiger partial charge >= 0.3 is 0 Å². The van der Waals surface area contributed by atoms with Crippen molar-refractivity contribution in [2.24, 2.45) is 4.99 Å². The highest BCUT2D eigenvalue weighted by Gasteiger charge is 2.37. The van der Waals surface area contributed by atoms with Crippen molar-refractivity contribution in [3.8, 4) is 11.9 Å². The van der Waals surface area contributed by atoms with Gasteiger partial charge in [0.2, 0.25) is 12.2 Å². The molecule has 0 bridgehead atoms. The van der Waals surface area contributed by atoms with Crippen LogP contribution in [0.25, 0.3) is 0 Å². The molecule has 168 valence electrons. The number of guanidine groups is 1. The lowest BCUT2D eigenvalue weighted by molar-refractivity contribution is 0.0932. The first kappa shape index (κ1) is 23.4. The summed E-state index contributed by atoms with van der Waals surface area (Å²) in [4.78, 5) is 16.7. The van der Waals surface area contributed by atoms with Gasteiger partial charge in [0.1, 0.15) is 5.75 Å². The number of hydrogen-bond donors (Lipinski definition) is 3. The number of ether oxygens (including phenoxy) is 1. The third-order valence-corrected chi connectivity index (χ3v) is 6.30. The highest BCUT2D eigenvalue weighted by atomic mass is 35.5. The summed E-state index contributed by atoms with van der Waals surface area (Å²) in [7, 11) is 3.26. The molecule has 0 spiro atoms. The molecular formula is C24H28ClN5O2. The maximum atomic E-state index is 13.0. The molecule has 7 nitrogen and oxygen atoms in total. The van der Waals surface area contributed by atoms with Gasteiger partial charge in [-0.2, -0.15) is 5.26 Å². The molecule has 2 aromatic carbocycles. The number of aliphatic imine (C=N–C) groups is 1. The number of amides is 1. The zero-order valence-corrected chi connectivity index (χ0v) is 19.1. The number of hydrogen-bond acceptors (Lipinski definition) is 4. The number of rotatable bonds is 6. The molecular weight excluding hydrogens is 426 g/mol. The van der Waals surface area contributed by atoms with E-state index >= 15 is 0 Å². The fraction of sp³-hybridized carbons (Fsp3) is 0.375. The Bertz CT molecular complexity index is 995. The van der Waals surface area contributed by atoms with Crippen molar-refractivity contribution in [2.45, 2.75) is 37.1 Å². The number of carbonyl (C=O) groups is 1. The molecule has 0 heterocycles. The van der Waals surface area contributed by atoms with Crippen LogP contribution in [0.2, 0.25) is 5.02 Å². The van der Waals surface area contributed by atoms with Gasteiger partial charge in [-0.25, -0.2) is 0 Å². The predicted molar refractivity (Wildman–Crippen MR) is 126 cm³/mol. The quantitative estimate of drug-likeness (QED) is 0.352. The second kappa shape index (κ2) is 10.9. The largest absolute Gasteiger partial charge is 0.496 e. The average Bonchev–Trinajstić information content (AvgIpc) is 2.83. The van der Waals surface area contributed by atoms with Crippen molar-refractivity contribution in [1.82, 2.24) is 16.0 Å². The minimum absolute atomic E-state index is 0.180. The van der Waals surface area contributed by atoms with E-state index in [2.05, 4.69) is 33.1 Å². The third kappa shape index (κ3) is 5.51. The molecule has 3 N–H and O–H groups in total. The second-order valence-corrected chi connectivity index (χ2v) is 8.34. The minimum atomic E-state index is -0.187. The number of nitrogens with one attached hydrogen (secondary N) is 3. The van der Waals surface area contributed by atoms with Gasteiger partial charge in [0.05, 0.1) is 12.7 Å². The summed E-state index contributed by atoms with van der Waals surface area (Å²) >= 11 is 6.03. The normalized spacial score (nSPS) is 20.7. The Morgan fingerprint density at radius 2 is 1.97 bits per heavy atom. The minimum Gasteiger partial charge on any atom is -0.496 e. The van der Waals surface area contributed by atoms with Crippen LogP contribution in [0.1, 0.15) is 41.6 Å². The number of carbonyl (C=O) groups excluding carboxylic acids is 1. The SMILES string of the molecule is CN/C(=N\C#N)N[C@H]1CC[C@](CNC(=O)c2ccc(Cl)cc2OC)(c2ccccc2)CC1. The Balaban J connectivity index is 1.75. The highest BCUT2D eigenvalue weighted by molar-refractivity contribution is 6.30. The molecule has 0 atom stereocenters. The van der Waals surface area contributed by atoms with Gasteiger partial charge in [-0.1, -0.05) is 41.9 Å². The van der Waals surface area contributed by atoms with Crippen LogP contribution < -0.4 is 20.7 Å². The molecule has 1 saturated carbocycles. The van der Waals surface area contributed by atoms with Crippen LogP contribution in [0, 0.1) is 11.5 Å². The van der Waals surface area contributed by atoms with Crippen molar-refractivity contribution in [2.75, 3.05) is 20.7 Å². The van der Waals surface area contributed by atoms with Crippen molar-refractivity contribution in [3.05, 3.63) is 64.7 Å². The molecule has 3 rings (SSSR count). The first-order chi connectivity index (χ1) is 15.5. The number of benzene rings is 2. The van der Waals surface area contributed by atoms with Crippen LogP contribution in [0.3, 0.4) is 0 Å². The van der Waals surface area contributed by atoms with Crippen LogP contribution in [-0.4, -0.2) is 38.6 Å². The van der Waals surface area contributed by atoms with Gasteiger partial charge in [0, 0.05) is 30.1 Å². The molecule has 1 aliphatic rings. The number of halogens is 1. The van der Waals surface area contributed by atoms with E-state index in [9.17, 15) is 4.79 Å². The lowest BCUT2D eigenvalue weighted by Gasteiger charge is -2.41. The molecule has 0 unspecified atom stereocenters. The number of methoxy groups -OCH3 is 1. The second-order valence-electron chi connectivity index (χ2n) is 7.90. The van der Waals surface area contributed by atoms with Crippen LogP contribution in [0.15, 0.2) is 53.5 Å². The van der Waals surface area contributed by atoms with Crippen molar-refractivity contribution in [1.29, 1.82) is 5.26 Å². The van der Waals surface area contributed by atoms with Crippen LogP contribution >= 0.6 is 11.6 Å². The van der Waals surface area contributed by atoms with E-state index in [0.29, 0.717) is 28.8 Å². The lowest BCUT2D eigenvalue weighted by Crippen LogP contribution is -2.49. The molecule has 2 aromatic rings. The highest BCUT2D eigenvalue weighted by Crippen LogP contribution is 2.39. The number of nitriles is 1. The van der Waals surface area contributed by atoms with Crippen molar-refractivity contribution >= 4 is 23.5 Å². The first-order valence-corrected chi connectivity index (χ1v) is 11.0. The molecule has 1 fully saturated rings. The van der Waals surface area contributed by atoms with Crippen molar-refractivity contribution in [3.63, 3.8) is 0 Å². The third-order valence-electron chi connectivity index (χ3n) is 6.06. The van der Waals surface area contributed by atoms with Gasteiger partial charge in [0.15, 0.2) is 0 Å². The van der Waals surface area contributed by atoms with Gasteiger partial charge in [-0.3, -0.25) is 4.79 Å². The average molecular weight is 454 g/mol. The number of nitrogens with zero attached hydrogens (tertiary/aromatic N) is 2. The maximum absolute atomic E-state index is 13.0. The van der Waals surface area contributed by atoms with Gasteiger partial charge < -0.3 is 20.7 Å². The fourth-order valence-electron chi connectivity index (χ4n) is 4.27. The summed E-state index contributed by atoms with van der Waals surface area (Å²) in [6.07, 6.45) is 5.36. The smallest absolute Gasteiger partial charge is 0.255 e.